The van der Waals surface area contributed by atoms with Gasteiger partial charge in [-0.1, -0.05) is 35.0 Å². The van der Waals surface area contributed by atoms with Gasteiger partial charge in [0.2, 0.25) is 5.91 Å². The number of benzene rings is 1. The van der Waals surface area contributed by atoms with Crippen molar-refractivity contribution < 1.29 is 4.79 Å². The molecule has 4 heteroatoms. The molecule has 0 bridgehead atoms. The lowest BCUT2D eigenvalue weighted by Gasteiger charge is -2.30. The second-order valence-electron chi connectivity index (χ2n) is 7.23. The van der Waals surface area contributed by atoms with E-state index in [1.54, 1.807) is 0 Å². The molecule has 0 atom stereocenters. The van der Waals surface area contributed by atoms with E-state index in [9.17, 15) is 4.79 Å². The molecule has 0 aromatic heterocycles. The van der Waals surface area contributed by atoms with Crippen LogP contribution in [-0.2, 0) is 10.2 Å². The van der Waals surface area contributed by atoms with E-state index in [4.69, 9.17) is 0 Å². The highest BCUT2D eigenvalue weighted by molar-refractivity contribution is 9.10. The van der Waals surface area contributed by atoms with Gasteiger partial charge in [0.25, 0.3) is 0 Å². The van der Waals surface area contributed by atoms with E-state index < -0.39 is 0 Å². The summed E-state index contributed by atoms with van der Waals surface area (Å²) in [6.07, 6.45) is 5.63. The lowest BCUT2D eigenvalue weighted by Crippen LogP contribution is -2.38. The van der Waals surface area contributed by atoms with Crippen molar-refractivity contribution in [3.05, 3.63) is 34.3 Å². The van der Waals surface area contributed by atoms with Crippen molar-refractivity contribution in [2.75, 3.05) is 26.2 Å². The summed E-state index contributed by atoms with van der Waals surface area (Å²) in [4.78, 5) is 15.1. The van der Waals surface area contributed by atoms with Crippen LogP contribution in [-0.4, -0.2) is 37.0 Å². The third-order valence-electron chi connectivity index (χ3n) is 5.37. The first kappa shape index (κ1) is 17.0. The van der Waals surface area contributed by atoms with Gasteiger partial charge in [0.1, 0.15) is 0 Å². The molecule has 1 amide bonds. The van der Waals surface area contributed by atoms with Crippen LogP contribution in [0.15, 0.2) is 28.7 Å². The molecular formula is C19H27BrN2O. The van der Waals surface area contributed by atoms with Crippen LogP contribution < -0.4 is 5.32 Å². The molecule has 1 aromatic rings. The SMILES string of the molecule is CC1CCN(CCCNC(=O)C2(c3cccc(Br)c3)CC2)CC1. The van der Waals surface area contributed by atoms with Crippen LogP contribution in [0.5, 0.6) is 0 Å². The van der Waals surface area contributed by atoms with Gasteiger partial charge in [0.05, 0.1) is 5.41 Å². The first-order valence-electron chi connectivity index (χ1n) is 8.87. The quantitative estimate of drug-likeness (QED) is 0.765. The van der Waals surface area contributed by atoms with Crippen molar-refractivity contribution in [1.29, 1.82) is 0 Å². The van der Waals surface area contributed by atoms with Gasteiger partial charge in [-0.05, 0) is 75.4 Å². The van der Waals surface area contributed by atoms with Gasteiger partial charge in [0.15, 0.2) is 0 Å². The van der Waals surface area contributed by atoms with Crippen LogP contribution >= 0.6 is 15.9 Å². The van der Waals surface area contributed by atoms with E-state index in [2.05, 4.69) is 45.2 Å². The number of rotatable bonds is 6. The molecule has 1 N–H and O–H groups in total. The number of likely N-dealkylation sites (tertiary alicyclic amines) is 1. The molecule has 1 aliphatic carbocycles. The molecule has 3 rings (SSSR count). The van der Waals surface area contributed by atoms with E-state index >= 15 is 0 Å². The van der Waals surface area contributed by atoms with E-state index in [0.717, 1.165) is 48.3 Å². The standard InChI is InChI=1S/C19H27BrN2O/c1-15-6-12-22(13-7-15)11-3-10-21-18(23)19(8-9-19)16-4-2-5-17(20)14-16/h2,4-5,14-15H,3,6-13H2,1H3,(H,21,23). The Kier molecular flexibility index (Phi) is 5.42. The van der Waals surface area contributed by atoms with E-state index in [1.807, 2.05) is 12.1 Å². The highest BCUT2D eigenvalue weighted by atomic mass is 79.9. The number of amides is 1. The molecule has 1 saturated carbocycles. The number of carbonyl (C=O) groups excluding carboxylic acids is 1. The first-order valence-corrected chi connectivity index (χ1v) is 9.66. The second kappa shape index (κ2) is 7.35. The van der Waals surface area contributed by atoms with Crippen molar-refractivity contribution >= 4 is 21.8 Å². The zero-order valence-corrected chi connectivity index (χ0v) is 15.6. The highest BCUT2D eigenvalue weighted by Gasteiger charge is 2.51. The van der Waals surface area contributed by atoms with Crippen LogP contribution in [0.4, 0.5) is 0 Å². The van der Waals surface area contributed by atoms with Gasteiger partial charge < -0.3 is 10.2 Å². The normalized spacial score (nSPS) is 21.1. The minimum atomic E-state index is -0.260. The van der Waals surface area contributed by atoms with Crippen LogP contribution in [0.1, 0.15) is 44.6 Å². The number of piperidine rings is 1. The molecule has 1 saturated heterocycles. The maximum absolute atomic E-state index is 12.6. The van der Waals surface area contributed by atoms with E-state index in [-0.39, 0.29) is 11.3 Å². The number of halogens is 1. The van der Waals surface area contributed by atoms with Crippen molar-refractivity contribution in [2.45, 2.75) is 44.4 Å². The van der Waals surface area contributed by atoms with Gasteiger partial charge in [-0.25, -0.2) is 0 Å². The van der Waals surface area contributed by atoms with Crippen LogP contribution in [0.2, 0.25) is 0 Å². The molecule has 2 aliphatic rings. The fraction of sp³-hybridized carbons (Fsp3) is 0.632. The maximum Gasteiger partial charge on any atom is 0.230 e. The third kappa shape index (κ3) is 4.16. The molecule has 1 aliphatic heterocycles. The molecule has 0 unspecified atom stereocenters. The monoisotopic (exact) mass is 378 g/mol. The summed E-state index contributed by atoms with van der Waals surface area (Å²) in [5.74, 6) is 1.09. The molecule has 0 spiro atoms. The average molecular weight is 379 g/mol. The topological polar surface area (TPSA) is 32.3 Å². The fourth-order valence-corrected chi connectivity index (χ4v) is 3.92. The molecule has 3 nitrogen and oxygen atoms in total. The summed E-state index contributed by atoms with van der Waals surface area (Å²) in [6, 6.07) is 8.19. The number of carbonyl (C=O) groups is 1. The Balaban J connectivity index is 1.43. The van der Waals surface area contributed by atoms with Gasteiger partial charge in [0, 0.05) is 11.0 Å². The lowest BCUT2D eigenvalue weighted by atomic mass is 9.95. The van der Waals surface area contributed by atoms with Crippen molar-refractivity contribution in [2.24, 2.45) is 5.92 Å². The number of hydrogen-bond donors (Lipinski definition) is 1. The second-order valence-corrected chi connectivity index (χ2v) is 8.14. The summed E-state index contributed by atoms with van der Waals surface area (Å²) >= 11 is 3.51. The zero-order chi connectivity index (χ0) is 16.3. The summed E-state index contributed by atoms with van der Waals surface area (Å²) < 4.78 is 1.05. The predicted octanol–water partition coefficient (Wildman–Crippen LogP) is 3.72. The van der Waals surface area contributed by atoms with E-state index in [0.29, 0.717) is 0 Å². The summed E-state index contributed by atoms with van der Waals surface area (Å²) in [5.41, 5.74) is 0.888. The van der Waals surface area contributed by atoms with Gasteiger partial charge in [-0.3, -0.25) is 4.79 Å². The van der Waals surface area contributed by atoms with Crippen molar-refractivity contribution in [3.8, 4) is 0 Å². The molecule has 2 fully saturated rings. The molecule has 0 radical (unpaired) electrons. The predicted molar refractivity (Wildman–Crippen MR) is 97.5 cm³/mol. The first-order chi connectivity index (χ1) is 11.1. The zero-order valence-electron chi connectivity index (χ0n) is 14.0. The summed E-state index contributed by atoms with van der Waals surface area (Å²) in [7, 11) is 0. The average Bonchev–Trinajstić information content (AvgIpc) is 3.35. The lowest BCUT2D eigenvalue weighted by molar-refractivity contribution is -0.123. The van der Waals surface area contributed by atoms with E-state index in [1.165, 1.54) is 25.9 Å². The Morgan fingerprint density at radius 1 is 1.35 bits per heavy atom. The Labute approximate surface area is 148 Å². The number of nitrogens with zero attached hydrogens (tertiary/aromatic N) is 1. The van der Waals surface area contributed by atoms with Gasteiger partial charge >= 0.3 is 0 Å². The summed E-state index contributed by atoms with van der Waals surface area (Å²) in [5, 5.41) is 3.17. The third-order valence-corrected chi connectivity index (χ3v) is 5.87. The minimum Gasteiger partial charge on any atom is -0.355 e. The Hall–Kier alpha value is -0.870. The number of hydrogen-bond acceptors (Lipinski definition) is 2. The largest absolute Gasteiger partial charge is 0.355 e. The van der Waals surface area contributed by atoms with Crippen molar-refractivity contribution in [3.63, 3.8) is 0 Å². The Morgan fingerprint density at radius 3 is 2.74 bits per heavy atom. The van der Waals surface area contributed by atoms with Crippen molar-refractivity contribution in [1.82, 2.24) is 10.2 Å². The maximum atomic E-state index is 12.6. The Morgan fingerprint density at radius 2 is 2.09 bits per heavy atom. The van der Waals surface area contributed by atoms with Crippen LogP contribution in [0.3, 0.4) is 0 Å². The number of nitrogens with one attached hydrogen (secondary N) is 1. The molecule has 1 aromatic carbocycles. The molecule has 126 valence electrons. The fourth-order valence-electron chi connectivity index (χ4n) is 3.52. The molecule has 23 heavy (non-hydrogen) atoms. The Bertz CT molecular complexity index is 548. The van der Waals surface area contributed by atoms with Crippen LogP contribution in [0.25, 0.3) is 0 Å². The smallest absolute Gasteiger partial charge is 0.230 e. The minimum absolute atomic E-state index is 0.211. The summed E-state index contributed by atoms with van der Waals surface area (Å²) in [6.45, 7) is 6.68. The molecule has 1 heterocycles. The van der Waals surface area contributed by atoms with Gasteiger partial charge in [-0.2, -0.15) is 0 Å². The highest BCUT2D eigenvalue weighted by Crippen LogP contribution is 2.48. The molecular weight excluding hydrogens is 352 g/mol. The van der Waals surface area contributed by atoms with Crippen LogP contribution in [0, 0.1) is 5.92 Å². The van der Waals surface area contributed by atoms with Gasteiger partial charge in [-0.15, -0.1) is 0 Å².